The van der Waals surface area contributed by atoms with Crippen LogP contribution in [0.2, 0.25) is 5.02 Å². The van der Waals surface area contributed by atoms with Crippen LogP contribution < -0.4 is 10.1 Å². The fourth-order valence-electron chi connectivity index (χ4n) is 2.04. The first-order valence-corrected chi connectivity index (χ1v) is 7.01. The van der Waals surface area contributed by atoms with Crippen LogP contribution in [-0.2, 0) is 4.79 Å². The molecule has 0 radical (unpaired) electrons. The van der Waals surface area contributed by atoms with Crippen LogP contribution in [-0.4, -0.2) is 48.5 Å². The van der Waals surface area contributed by atoms with Crippen molar-refractivity contribution in [3.63, 3.8) is 0 Å². The molecule has 0 bridgehead atoms. The second kappa shape index (κ2) is 7.24. The minimum atomic E-state index is -0.536. The summed E-state index contributed by atoms with van der Waals surface area (Å²) in [5, 5.41) is 14.2. The van der Waals surface area contributed by atoms with Crippen molar-refractivity contribution in [2.75, 3.05) is 32.8 Å². The summed E-state index contributed by atoms with van der Waals surface area (Å²) in [7, 11) is 0. The molecule has 1 heterocycles. The first-order chi connectivity index (χ1) is 10.1. The molecule has 7 nitrogen and oxygen atoms in total. The molecular weight excluding hydrogens is 298 g/mol. The third-order valence-electron chi connectivity index (χ3n) is 3.17. The summed E-state index contributed by atoms with van der Waals surface area (Å²) < 4.78 is 5.34. The van der Waals surface area contributed by atoms with Gasteiger partial charge in [-0.3, -0.25) is 14.9 Å². The van der Waals surface area contributed by atoms with E-state index in [1.165, 1.54) is 18.2 Å². The molecule has 0 atom stereocenters. The van der Waals surface area contributed by atoms with Crippen molar-refractivity contribution in [2.24, 2.45) is 0 Å². The summed E-state index contributed by atoms with van der Waals surface area (Å²) in [6.07, 6.45) is 0.892. The van der Waals surface area contributed by atoms with E-state index in [9.17, 15) is 14.9 Å². The van der Waals surface area contributed by atoms with Crippen LogP contribution in [0.4, 0.5) is 5.69 Å². The van der Waals surface area contributed by atoms with E-state index in [2.05, 4.69) is 5.32 Å². The molecule has 1 saturated heterocycles. The van der Waals surface area contributed by atoms with Gasteiger partial charge in [0.05, 0.1) is 16.0 Å². The fourth-order valence-corrected chi connectivity index (χ4v) is 2.21. The fraction of sp³-hybridized carbons (Fsp3) is 0.462. The number of non-ortho nitro benzene ring substituents is 1. The molecule has 0 unspecified atom stereocenters. The summed E-state index contributed by atoms with van der Waals surface area (Å²) in [6, 6.07) is 3.90. The van der Waals surface area contributed by atoms with Crippen molar-refractivity contribution in [1.82, 2.24) is 10.2 Å². The van der Waals surface area contributed by atoms with Gasteiger partial charge in [0.2, 0.25) is 0 Å². The molecule has 2 rings (SSSR count). The zero-order chi connectivity index (χ0) is 15.2. The zero-order valence-corrected chi connectivity index (χ0v) is 12.1. The first kappa shape index (κ1) is 15.5. The Labute approximate surface area is 127 Å². The average Bonchev–Trinajstić information content (AvgIpc) is 2.75. The SMILES string of the molecule is O=C(COc1cc([N+](=O)[O-])ccc1Cl)N1CCCNCC1. The van der Waals surface area contributed by atoms with E-state index < -0.39 is 4.92 Å². The monoisotopic (exact) mass is 313 g/mol. The Hall–Kier alpha value is -1.86. The Morgan fingerprint density at radius 1 is 1.43 bits per heavy atom. The number of carbonyl (C=O) groups excluding carboxylic acids is 1. The van der Waals surface area contributed by atoms with Crippen LogP contribution in [0.15, 0.2) is 18.2 Å². The zero-order valence-electron chi connectivity index (χ0n) is 11.4. The van der Waals surface area contributed by atoms with Crippen LogP contribution >= 0.6 is 11.6 Å². The second-order valence-corrected chi connectivity index (χ2v) is 5.05. The number of nitro groups is 1. The third-order valence-corrected chi connectivity index (χ3v) is 3.48. The Balaban J connectivity index is 1.97. The first-order valence-electron chi connectivity index (χ1n) is 6.63. The molecule has 1 aliphatic rings. The van der Waals surface area contributed by atoms with Crippen LogP contribution in [0.1, 0.15) is 6.42 Å². The molecule has 114 valence electrons. The van der Waals surface area contributed by atoms with E-state index in [-0.39, 0.29) is 29.0 Å². The molecule has 0 aliphatic carbocycles. The molecule has 0 spiro atoms. The van der Waals surface area contributed by atoms with Gasteiger partial charge < -0.3 is 15.0 Å². The van der Waals surface area contributed by atoms with Crippen LogP contribution in [0.5, 0.6) is 5.75 Å². The predicted molar refractivity (Wildman–Crippen MR) is 77.7 cm³/mol. The van der Waals surface area contributed by atoms with Gasteiger partial charge in [0.15, 0.2) is 6.61 Å². The van der Waals surface area contributed by atoms with Crippen molar-refractivity contribution >= 4 is 23.2 Å². The Morgan fingerprint density at radius 3 is 3.00 bits per heavy atom. The Bertz CT molecular complexity index is 530. The number of nitrogens with zero attached hydrogens (tertiary/aromatic N) is 2. The van der Waals surface area contributed by atoms with Crippen molar-refractivity contribution in [2.45, 2.75) is 6.42 Å². The number of carbonyl (C=O) groups is 1. The molecule has 21 heavy (non-hydrogen) atoms. The lowest BCUT2D eigenvalue weighted by Crippen LogP contribution is -2.37. The molecule has 1 N–H and O–H groups in total. The standard InChI is InChI=1S/C13H16ClN3O4/c14-11-3-2-10(17(19)20)8-12(11)21-9-13(18)16-6-1-4-15-5-7-16/h2-3,8,15H,1,4-7,9H2. The van der Waals surface area contributed by atoms with Crippen LogP contribution in [0, 0.1) is 10.1 Å². The maximum absolute atomic E-state index is 12.1. The van der Waals surface area contributed by atoms with Crippen molar-refractivity contribution < 1.29 is 14.5 Å². The van der Waals surface area contributed by atoms with Gasteiger partial charge in [0.25, 0.3) is 11.6 Å². The van der Waals surface area contributed by atoms with Gasteiger partial charge in [-0.05, 0) is 19.0 Å². The average molecular weight is 314 g/mol. The van der Waals surface area contributed by atoms with Gasteiger partial charge in [0.1, 0.15) is 5.75 Å². The van der Waals surface area contributed by atoms with Gasteiger partial charge in [-0.2, -0.15) is 0 Å². The number of hydrogen-bond acceptors (Lipinski definition) is 5. The quantitative estimate of drug-likeness (QED) is 0.672. The molecule has 0 aromatic heterocycles. The van der Waals surface area contributed by atoms with E-state index in [1.54, 1.807) is 4.90 Å². The number of rotatable bonds is 4. The number of nitro benzene ring substituents is 1. The normalized spacial score (nSPS) is 15.4. The number of halogens is 1. The van der Waals surface area contributed by atoms with E-state index in [0.29, 0.717) is 13.1 Å². The van der Waals surface area contributed by atoms with E-state index in [4.69, 9.17) is 16.3 Å². The molecule has 1 aliphatic heterocycles. The molecule has 1 amide bonds. The number of ether oxygens (including phenoxy) is 1. The highest BCUT2D eigenvalue weighted by atomic mass is 35.5. The maximum Gasteiger partial charge on any atom is 0.273 e. The van der Waals surface area contributed by atoms with Gasteiger partial charge >= 0.3 is 0 Å². The van der Waals surface area contributed by atoms with Gasteiger partial charge in [-0.1, -0.05) is 11.6 Å². The lowest BCUT2D eigenvalue weighted by atomic mass is 10.3. The minimum Gasteiger partial charge on any atom is -0.482 e. The number of nitrogens with one attached hydrogen (secondary N) is 1. The van der Waals surface area contributed by atoms with Crippen LogP contribution in [0.25, 0.3) is 0 Å². The Morgan fingerprint density at radius 2 is 2.24 bits per heavy atom. The summed E-state index contributed by atoms with van der Waals surface area (Å²) >= 11 is 5.91. The number of hydrogen-bond donors (Lipinski definition) is 1. The smallest absolute Gasteiger partial charge is 0.273 e. The van der Waals surface area contributed by atoms with E-state index in [1.807, 2.05) is 0 Å². The highest BCUT2D eigenvalue weighted by molar-refractivity contribution is 6.32. The predicted octanol–water partition coefficient (Wildman–Crippen LogP) is 1.45. The highest BCUT2D eigenvalue weighted by Gasteiger charge is 2.17. The second-order valence-electron chi connectivity index (χ2n) is 4.64. The third kappa shape index (κ3) is 4.30. The van der Waals surface area contributed by atoms with Crippen LogP contribution in [0.3, 0.4) is 0 Å². The summed E-state index contributed by atoms with van der Waals surface area (Å²) in [6.45, 7) is 2.77. The van der Waals surface area contributed by atoms with E-state index >= 15 is 0 Å². The Kier molecular flexibility index (Phi) is 5.35. The topological polar surface area (TPSA) is 84.7 Å². The number of benzene rings is 1. The van der Waals surface area contributed by atoms with Crippen molar-refractivity contribution in [3.8, 4) is 5.75 Å². The van der Waals surface area contributed by atoms with Gasteiger partial charge in [0, 0.05) is 25.7 Å². The summed E-state index contributed by atoms with van der Waals surface area (Å²) in [5.41, 5.74) is -0.124. The van der Waals surface area contributed by atoms with E-state index in [0.717, 1.165) is 19.5 Å². The van der Waals surface area contributed by atoms with Gasteiger partial charge in [-0.15, -0.1) is 0 Å². The lowest BCUT2D eigenvalue weighted by molar-refractivity contribution is -0.384. The summed E-state index contributed by atoms with van der Waals surface area (Å²) in [4.78, 5) is 23.9. The van der Waals surface area contributed by atoms with Crippen molar-refractivity contribution in [3.05, 3.63) is 33.3 Å². The molecule has 1 aromatic carbocycles. The molecule has 1 fully saturated rings. The minimum absolute atomic E-state index is 0.124. The maximum atomic E-state index is 12.1. The summed E-state index contributed by atoms with van der Waals surface area (Å²) in [5.74, 6) is -0.00608. The molecule has 8 heteroatoms. The largest absolute Gasteiger partial charge is 0.482 e. The molecule has 0 saturated carbocycles. The lowest BCUT2D eigenvalue weighted by Gasteiger charge is -2.20. The highest BCUT2D eigenvalue weighted by Crippen LogP contribution is 2.28. The van der Waals surface area contributed by atoms with Gasteiger partial charge in [-0.25, -0.2) is 0 Å². The van der Waals surface area contributed by atoms with Crippen molar-refractivity contribution in [1.29, 1.82) is 0 Å². The molecular formula is C13H16ClN3O4. The molecule has 1 aromatic rings. The number of amides is 1.